The van der Waals surface area contributed by atoms with Gasteiger partial charge < -0.3 is 10.1 Å². The lowest BCUT2D eigenvalue weighted by atomic mass is 10.1. The molecule has 20 heavy (non-hydrogen) atoms. The Morgan fingerprint density at radius 3 is 2.75 bits per heavy atom. The van der Waals surface area contributed by atoms with Crippen molar-refractivity contribution in [2.24, 2.45) is 0 Å². The number of nitrogens with one attached hydrogen (secondary N) is 1. The molecule has 1 aromatic carbocycles. The smallest absolute Gasteiger partial charge is 0.192 e. The van der Waals surface area contributed by atoms with E-state index < -0.39 is 0 Å². The molecule has 0 aliphatic rings. The Morgan fingerprint density at radius 2 is 2.10 bits per heavy atom. The van der Waals surface area contributed by atoms with Crippen LogP contribution in [0.2, 0.25) is 0 Å². The van der Waals surface area contributed by atoms with Gasteiger partial charge in [-0.05, 0) is 50.9 Å². The highest BCUT2D eigenvalue weighted by atomic mass is 32.2. The van der Waals surface area contributed by atoms with Crippen molar-refractivity contribution in [3.8, 4) is 5.75 Å². The van der Waals surface area contributed by atoms with Crippen LogP contribution in [-0.2, 0) is 0 Å². The summed E-state index contributed by atoms with van der Waals surface area (Å²) in [5, 5.41) is 4.01. The quantitative estimate of drug-likeness (QED) is 0.856. The molecule has 2 aromatic rings. The van der Waals surface area contributed by atoms with Crippen LogP contribution < -0.4 is 10.1 Å². The second-order valence-electron chi connectivity index (χ2n) is 4.47. The maximum absolute atomic E-state index is 5.48. The van der Waals surface area contributed by atoms with Gasteiger partial charge in [-0.15, -0.1) is 0 Å². The molecule has 0 aliphatic carbocycles. The molecule has 2 rings (SSSR count). The minimum absolute atomic E-state index is 0.193. The monoisotopic (exact) mass is 289 g/mol. The van der Waals surface area contributed by atoms with E-state index in [1.807, 2.05) is 32.2 Å². The van der Waals surface area contributed by atoms with E-state index in [2.05, 4.69) is 28.3 Å². The highest BCUT2D eigenvalue weighted by Crippen LogP contribution is 2.36. The van der Waals surface area contributed by atoms with Crippen LogP contribution in [0.15, 0.2) is 40.5 Å². The van der Waals surface area contributed by atoms with Crippen molar-refractivity contribution in [1.29, 1.82) is 0 Å². The predicted octanol–water partition coefficient (Wildman–Crippen LogP) is 3.23. The van der Waals surface area contributed by atoms with Crippen LogP contribution in [0.3, 0.4) is 0 Å². The molecule has 0 amide bonds. The number of methoxy groups -OCH3 is 1. The zero-order chi connectivity index (χ0) is 14.5. The zero-order valence-electron chi connectivity index (χ0n) is 12.2. The standard InChI is InChI=1S/C15H19N3OS/c1-10-8-9-17-15(18-10)20-13-7-5-6-12(19-4)14(13)11(2)16-3/h5-9,11,16H,1-4H3. The van der Waals surface area contributed by atoms with Crippen LogP contribution in [0.1, 0.15) is 24.2 Å². The topological polar surface area (TPSA) is 47.0 Å². The van der Waals surface area contributed by atoms with Crippen molar-refractivity contribution in [3.05, 3.63) is 41.7 Å². The van der Waals surface area contributed by atoms with Gasteiger partial charge >= 0.3 is 0 Å². The summed E-state index contributed by atoms with van der Waals surface area (Å²) in [7, 11) is 3.63. The summed E-state index contributed by atoms with van der Waals surface area (Å²) in [5.41, 5.74) is 2.10. The molecule has 0 fully saturated rings. The fourth-order valence-corrected chi connectivity index (χ4v) is 2.97. The Balaban J connectivity index is 2.40. The van der Waals surface area contributed by atoms with Gasteiger partial charge in [-0.1, -0.05) is 6.07 Å². The van der Waals surface area contributed by atoms with E-state index >= 15 is 0 Å². The molecule has 1 N–H and O–H groups in total. The predicted molar refractivity (Wildman–Crippen MR) is 81.4 cm³/mol. The zero-order valence-corrected chi connectivity index (χ0v) is 13.0. The van der Waals surface area contributed by atoms with E-state index in [1.54, 1.807) is 25.1 Å². The Morgan fingerprint density at radius 1 is 1.30 bits per heavy atom. The average Bonchev–Trinajstić information content (AvgIpc) is 2.46. The second kappa shape index (κ2) is 6.72. The number of hydrogen-bond donors (Lipinski definition) is 1. The first-order chi connectivity index (χ1) is 9.65. The summed E-state index contributed by atoms with van der Waals surface area (Å²) < 4.78 is 5.48. The van der Waals surface area contributed by atoms with Crippen LogP contribution in [0.4, 0.5) is 0 Å². The molecular weight excluding hydrogens is 270 g/mol. The van der Waals surface area contributed by atoms with Crippen LogP contribution in [0.5, 0.6) is 5.75 Å². The van der Waals surface area contributed by atoms with E-state index in [1.165, 1.54) is 0 Å². The van der Waals surface area contributed by atoms with Gasteiger partial charge in [0.15, 0.2) is 5.16 Å². The first-order valence-corrected chi connectivity index (χ1v) is 7.29. The number of aromatic nitrogens is 2. The molecule has 0 radical (unpaired) electrons. The van der Waals surface area contributed by atoms with Gasteiger partial charge in [0.1, 0.15) is 5.75 Å². The van der Waals surface area contributed by atoms with Gasteiger partial charge in [0.05, 0.1) is 7.11 Å². The minimum Gasteiger partial charge on any atom is -0.496 e. The molecule has 0 saturated heterocycles. The van der Waals surface area contributed by atoms with Crippen LogP contribution in [0.25, 0.3) is 0 Å². The van der Waals surface area contributed by atoms with E-state index in [0.29, 0.717) is 0 Å². The molecule has 0 spiro atoms. The third-order valence-corrected chi connectivity index (χ3v) is 4.04. The van der Waals surface area contributed by atoms with Crippen LogP contribution in [0, 0.1) is 6.92 Å². The molecule has 1 unspecified atom stereocenters. The van der Waals surface area contributed by atoms with Gasteiger partial charge in [0.25, 0.3) is 0 Å². The van der Waals surface area contributed by atoms with Crippen molar-refractivity contribution in [3.63, 3.8) is 0 Å². The number of aryl methyl sites for hydroxylation is 1. The largest absolute Gasteiger partial charge is 0.496 e. The van der Waals surface area contributed by atoms with Gasteiger partial charge in [0, 0.05) is 28.4 Å². The summed E-state index contributed by atoms with van der Waals surface area (Å²) in [6.07, 6.45) is 1.78. The molecule has 1 heterocycles. The van der Waals surface area contributed by atoms with Crippen molar-refractivity contribution >= 4 is 11.8 Å². The molecule has 1 atom stereocenters. The molecular formula is C15H19N3OS. The summed E-state index contributed by atoms with van der Waals surface area (Å²) in [6.45, 7) is 4.08. The number of rotatable bonds is 5. The summed E-state index contributed by atoms with van der Waals surface area (Å²) in [4.78, 5) is 9.86. The van der Waals surface area contributed by atoms with Crippen molar-refractivity contribution in [2.45, 2.75) is 29.9 Å². The molecule has 5 heteroatoms. The second-order valence-corrected chi connectivity index (χ2v) is 5.47. The molecule has 106 valence electrons. The number of hydrogen-bond acceptors (Lipinski definition) is 5. The Hall–Kier alpha value is -1.59. The Bertz CT molecular complexity index is 589. The van der Waals surface area contributed by atoms with Crippen molar-refractivity contribution in [1.82, 2.24) is 15.3 Å². The number of ether oxygens (including phenoxy) is 1. The number of benzene rings is 1. The van der Waals surface area contributed by atoms with Gasteiger partial charge in [0.2, 0.25) is 0 Å². The van der Waals surface area contributed by atoms with Gasteiger partial charge in [-0.2, -0.15) is 0 Å². The summed E-state index contributed by atoms with van der Waals surface area (Å²) >= 11 is 1.56. The molecule has 4 nitrogen and oxygen atoms in total. The first-order valence-electron chi connectivity index (χ1n) is 6.47. The van der Waals surface area contributed by atoms with Crippen molar-refractivity contribution < 1.29 is 4.74 Å². The summed E-state index contributed by atoms with van der Waals surface area (Å²) in [5.74, 6) is 0.879. The fraction of sp³-hybridized carbons (Fsp3) is 0.333. The van der Waals surface area contributed by atoms with E-state index in [0.717, 1.165) is 27.1 Å². The van der Waals surface area contributed by atoms with E-state index in [4.69, 9.17) is 4.74 Å². The molecule has 0 saturated carbocycles. The third-order valence-electron chi connectivity index (χ3n) is 3.09. The average molecular weight is 289 g/mol. The first kappa shape index (κ1) is 14.8. The van der Waals surface area contributed by atoms with Crippen LogP contribution in [-0.4, -0.2) is 24.1 Å². The van der Waals surface area contributed by atoms with E-state index in [-0.39, 0.29) is 6.04 Å². The van der Waals surface area contributed by atoms with Gasteiger partial charge in [-0.3, -0.25) is 0 Å². The minimum atomic E-state index is 0.193. The van der Waals surface area contributed by atoms with Crippen molar-refractivity contribution in [2.75, 3.05) is 14.2 Å². The number of nitrogens with zero attached hydrogens (tertiary/aromatic N) is 2. The molecule has 0 bridgehead atoms. The fourth-order valence-electron chi connectivity index (χ4n) is 1.94. The Kier molecular flexibility index (Phi) is 4.98. The highest BCUT2D eigenvalue weighted by molar-refractivity contribution is 7.99. The SMILES string of the molecule is CNC(C)c1c(OC)cccc1Sc1nccc(C)n1. The maximum Gasteiger partial charge on any atom is 0.192 e. The highest BCUT2D eigenvalue weighted by Gasteiger charge is 2.16. The third kappa shape index (κ3) is 3.29. The maximum atomic E-state index is 5.48. The lowest BCUT2D eigenvalue weighted by molar-refractivity contribution is 0.401. The van der Waals surface area contributed by atoms with Crippen LogP contribution >= 0.6 is 11.8 Å². The Labute approximate surface area is 124 Å². The lowest BCUT2D eigenvalue weighted by Gasteiger charge is -2.18. The van der Waals surface area contributed by atoms with Gasteiger partial charge in [-0.25, -0.2) is 9.97 Å². The normalized spacial score (nSPS) is 12.2. The molecule has 0 aliphatic heterocycles. The van der Waals surface area contributed by atoms with E-state index in [9.17, 15) is 0 Å². The summed E-state index contributed by atoms with van der Waals surface area (Å²) in [6, 6.07) is 8.13. The lowest BCUT2D eigenvalue weighted by Crippen LogP contribution is -2.14. The molecule has 1 aromatic heterocycles.